The van der Waals surface area contributed by atoms with Gasteiger partial charge in [-0.2, -0.15) is 0 Å². The fraction of sp³-hybridized carbons (Fsp3) is 0.971. The Balaban J connectivity index is 0. The lowest BCUT2D eigenvalue weighted by molar-refractivity contribution is -0.929. The van der Waals surface area contributed by atoms with Crippen LogP contribution >= 0.6 is 23.2 Å². The lowest BCUT2D eigenvalue weighted by Crippen LogP contribution is -2.50. The van der Waals surface area contributed by atoms with E-state index in [-0.39, 0.29) is 0 Å². The van der Waals surface area contributed by atoms with Crippen LogP contribution in [0.2, 0.25) is 0 Å². The van der Waals surface area contributed by atoms with E-state index in [1.54, 1.807) is 0 Å². The van der Waals surface area contributed by atoms with Crippen molar-refractivity contribution >= 4 is 29.2 Å². The quantitative estimate of drug-likeness (QED) is 0.0491. The number of carbonyl (C=O) groups is 1. The molecule has 0 spiro atoms. The number of halogens is 2. The second-order valence-electron chi connectivity index (χ2n) is 11.9. The number of carboxylic acid groups (broad SMARTS) is 1. The van der Waals surface area contributed by atoms with Crippen molar-refractivity contribution < 1.29 is 14.4 Å². The monoisotopic (exact) mass is 593 g/mol. The molecular weight excluding hydrogens is 525 g/mol. The van der Waals surface area contributed by atoms with Gasteiger partial charge in [0.15, 0.2) is 0 Å². The van der Waals surface area contributed by atoms with E-state index < -0.39 is 10.8 Å². The molecule has 0 saturated carbocycles. The number of carbonyl (C=O) groups excluding carboxylic acids is 1. The van der Waals surface area contributed by atoms with Gasteiger partial charge < -0.3 is 14.4 Å². The van der Waals surface area contributed by atoms with Crippen molar-refractivity contribution in [1.82, 2.24) is 0 Å². The zero-order chi connectivity index (χ0) is 29.5. The van der Waals surface area contributed by atoms with Crippen LogP contribution in [-0.2, 0) is 4.79 Å². The highest BCUT2D eigenvalue weighted by molar-refractivity contribution is 6.52. The summed E-state index contributed by atoms with van der Waals surface area (Å²) < 4.78 is 1.48. The van der Waals surface area contributed by atoms with Crippen molar-refractivity contribution in [2.75, 3.05) is 26.2 Å². The van der Waals surface area contributed by atoms with E-state index in [4.69, 9.17) is 23.2 Å². The lowest BCUT2D eigenvalue weighted by atomic mass is 10.0. The van der Waals surface area contributed by atoms with E-state index in [0.29, 0.717) is 0 Å². The van der Waals surface area contributed by atoms with Crippen molar-refractivity contribution in [3.8, 4) is 0 Å². The van der Waals surface area contributed by atoms with Crippen LogP contribution in [-0.4, -0.2) is 41.5 Å². The summed E-state index contributed by atoms with van der Waals surface area (Å²) in [6.45, 7) is 15.3. The molecule has 5 heteroatoms. The van der Waals surface area contributed by atoms with Gasteiger partial charge in [-0.3, -0.25) is 0 Å². The highest BCUT2D eigenvalue weighted by Crippen LogP contribution is 2.20. The van der Waals surface area contributed by atoms with Gasteiger partial charge in [0, 0.05) is 0 Å². The number of unbranched alkanes of at least 4 members (excludes halogenated alkanes) is 20. The Morgan fingerprint density at radius 2 is 0.641 bits per heavy atom. The number of aliphatic carboxylic acids is 1. The van der Waals surface area contributed by atoms with Crippen molar-refractivity contribution in [2.24, 2.45) is 0 Å². The SMILES string of the molecule is CCCCCCCC[N+](CCCCCCCC)(CCCCCCCC)CCCCCCCC.O=C([O-])C(Cl)Cl. The van der Waals surface area contributed by atoms with Gasteiger partial charge in [-0.15, -0.1) is 0 Å². The molecule has 0 aliphatic heterocycles. The molecule has 0 radical (unpaired) electrons. The molecule has 0 bridgehead atoms. The maximum atomic E-state index is 9.32. The number of hydrogen-bond donors (Lipinski definition) is 0. The molecule has 0 rings (SSSR count). The normalized spacial score (nSPS) is 11.6. The van der Waals surface area contributed by atoms with E-state index in [9.17, 15) is 9.90 Å². The first-order chi connectivity index (χ1) is 18.9. The third-order valence-electron chi connectivity index (χ3n) is 8.12. The van der Waals surface area contributed by atoms with Crippen LogP contribution in [0.3, 0.4) is 0 Å². The molecule has 3 nitrogen and oxygen atoms in total. The highest BCUT2D eigenvalue weighted by Gasteiger charge is 2.25. The molecule has 0 N–H and O–H groups in total. The first kappa shape index (κ1) is 41.1. The average Bonchev–Trinajstić information content (AvgIpc) is 2.92. The van der Waals surface area contributed by atoms with Crippen molar-refractivity contribution in [2.45, 2.75) is 187 Å². The maximum Gasteiger partial charge on any atom is 0.146 e. The third-order valence-corrected chi connectivity index (χ3v) is 8.48. The number of carboxylic acids is 1. The summed E-state index contributed by atoms with van der Waals surface area (Å²) in [7, 11) is 0. The van der Waals surface area contributed by atoms with Crippen molar-refractivity contribution in [1.29, 1.82) is 0 Å². The predicted octanol–water partition coefficient (Wildman–Crippen LogP) is 10.8. The van der Waals surface area contributed by atoms with Crippen LogP contribution in [0.5, 0.6) is 0 Å². The van der Waals surface area contributed by atoms with Crippen LogP contribution in [0, 0.1) is 0 Å². The van der Waals surface area contributed by atoms with Crippen LogP contribution in [0.15, 0.2) is 0 Å². The summed E-state index contributed by atoms with van der Waals surface area (Å²) in [4.78, 5) is 7.93. The number of rotatable bonds is 29. The largest absolute Gasteiger partial charge is 0.547 e. The minimum atomic E-state index is -1.46. The Morgan fingerprint density at radius 3 is 0.821 bits per heavy atom. The van der Waals surface area contributed by atoms with Gasteiger partial charge in [-0.1, -0.05) is 154 Å². The molecule has 0 aromatic heterocycles. The summed E-state index contributed by atoms with van der Waals surface area (Å²) in [5.74, 6) is -1.46. The Bertz CT molecular complexity index is 418. The van der Waals surface area contributed by atoms with E-state index in [0.717, 1.165) is 0 Å². The summed E-state index contributed by atoms with van der Waals surface area (Å²) in [6.07, 6.45) is 34.8. The number of nitrogens with zero attached hydrogens (tertiary/aromatic N) is 1. The van der Waals surface area contributed by atoms with Crippen molar-refractivity contribution in [3.63, 3.8) is 0 Å². The standard InChI is InChI=1S/C32H68N.C2H2Cl2O2/c1-5-9-13-17-21-25-29-33(30-26-22-18-14-10-6-2,31-27-23-19-15-11-7-3)32-28-24-20-16-12-8-4;3-1(4)2(5)6/h5-32H2,1-4H3;1H,(H,5,6)/q+1;/p-1. The van der Waals surface area contributed by atoms with Gasteiger partial charge in [0.1, 0.15) is 4.84 Å². The number of quaternary nitrogens is 1. The molecule has 0 amide bonds. The molecule has 0 unspecified atom stereocenters. The fourth-order valence-electron chi connectivity index (χ4n) is 5.58. The molecule has 0 atom stereocenters. The van der Waals surface area contributed by atoms with Crippen LogP contribution < -0.4 is 5.11 Å². The third kappa shape index (κ3) is 30.8. The molecule has 0 fully saturated rings. The maximum absolute atomic E-state index is 9.32. The smallest absolute Gasteiger partial charge is 0.146 e. The summed E-state index contributed by atoms with van der Waals surface area (Å²) in [5.41, 5.74) is 0. The van der Waals surface area contributed by atoms with E-state index in [1.165, 1.54) is 185 Å². The van der Waals surface area contributed by atoms with Gasteiger partial charge in [-0.05, 0) is 51.4 Å². The molecule has 0 aromatic rings. The van der Waals surface area contributed by atoms with E-state index >= 15 is 0 Å². The minimum absolute atomic E-state index is 1.37. The highest BCUT2D eigenvalue weighted by atomic mass is 35.5. The Morgan fingerprint density at radius 1 is 0.462 bits per heavy atom. The average molecular weight is 595 g/mol. The summed E-state index contributed by atoms with van der Waals surface area (Å²) >= 11 is 9.43. The topological polar surface area (TPSA) is 40.1 Å². The first-order valence-electron chi connectivity index (χ1n) is 17.2. The Hall–Kier alpha value is 0.01000. The summed E-state index contributed by atoms with van der Waals surface area (Å²) in [6, 6.07) is 0. The zero-order valence-electron chi connectivity index (χ0n) is 26.9. The predicted molar refractivity (Wildman–Crippen MR) is 174 cm³/mol. The fourth-order valence-corrected chi connectivity index (χ4v) is 5.58. The molecule has 0 saturated heterocycles. The Labute approximate surface area is 255 Å². The molecule has 0 aromatic carbocycles. The number of hydrogen-bond acceptors (Lipinski definition) is 2. The minimum Gasteiger partial charge on any atom is -0.547 e. The van der Waals surface area contributed by atoms with E-state index in [2.05, 4.69) is 27.7 Å². The zero-order valence-corrected chi connectivity index (χ0v) is 28.4. The van der Waals surface area contributed by atoms with Gasteiger partial charge in [0.25, 0.3) is 0 Å². The molecule has 236 valence electrons. The van der Waals surface area contributed by atoms with Crippen LogP contribution in [0.1, 0.15) is 182 Å². The van der Waals surface area contributed by atoms with Crippen LogP contribution in [0.25, 0.3) is 0 Å². The Kier molecular flexibility index (Phi) is 34.3. The number of alkyl halides is 2. The van der Waals surface area contributed by atoms with Gasteiger partial charge in [-0.25, -0.2) is 0 Å². The molecular formula is C34H69Cl2NO2. The van der Waals surface area contributed by atoms with Gasteiger partial charge >= 0.3 is 0 Å². The summed E-state index contributed by atoms with van der Waals surface area (Å²) in [5, 5.41) is 9.32. The lowest BCUT2D eigenvalue weighted by Gasteiger charge is -2.40. The molecule has 0 aliphatic rings. The first-order valence-corrected chi connectivity index (χ1v) is 18.1. The van der Waals surface area contributed by atoms with Gasteiger partial charge in [0.05, 0.1) is 32.1 Å². The van der Waals surface area contributed by atoms with Gasteiger partial charge in [0.2, 0.25) is 0 Å². The van der Waals surface area contributed by atoms with Crippen LogP contribution in [0.4, 0.5) is 0 Å². The second-order valence-corrected chi connectivity index (χ2v) is 13.0. The molecule has 0 heterocycles. The van der Waals surface area contributed by atoms with E-state index in [1.807, 2.05) is 0 Å². The van der Waals surface area contributed by atoms with Crippen molar-refractivity contribution in [3.05, 3.63) is 0 Å². The second kappa shape index (κ2) is 32.5. The molecule has 0 aliphatic carbocycles. The molecule has 39 heavy (non-hydrogen) atoms.